The molecule has 0 aliphatic carbocycles. The summed E-state index contributed by atoms with van der Waals surface area (Å²) in [6.07, 6.45) is 8.72. The predicted octanol–water partition coefficient (Wildman–Crippen LogP) is 3.45. The number of anilines is 1. The molecule has 25 heteroatoms. The van der Waals surface area contributed by atoms with Crippen LogP contribution in [-0.2, 0) is 63.9 Å². The Hall–Kier alpha value is -6.41. The van der Waals surface area contributed by atoms with Crippen molar-refractivity contribution < 1.29 is 71.9 Å². The highest BCUT2D eigenvalue weighted by atomic mass is 79.9. The van der Waals surface area contributed by atoms with E-state index in [-0.39, 0.29) is 92.2 Å². The molecule has 450 valence electrons. The number of nitrogens with one attached hydrogen (secondary N) is 8. The number of urea groups is 1. The standard InChI is InChI=1S/C56H84BrN9O15/c1-33(2)50(66-46(68)13-9-8-10-24-59-49(71)29-57)53(74)65-42(12-11-25-60-54(58)75)52(73)63-40-19-17-39(18-20-40)30-77-55(76)62-32-61-48(70)27-41-28-56(31-78-56)51(72)45(81-41)22-15-34(3)14-21-44-35(4)26-43(37(6)80-44)64-47(69)23-16-36(5)79-38(7)67/h14-20,22-23,33,35-37,41-45,50-51,72H,8-13,21,24-32H2,1-7H3,(H,59,71)(H,61,70)(H,62,76)(H,63,73)(H,64,69)(H,65,74)(H,66,68)(H3,58,60,75)/b22-15+,23-16-,34-14+/t35-,36-,37+,41+,42-,43+,44-,45+,50?,51+,56+/m0/s1. The van der Waals surface area contributed by atoms with Gasteiger partial charge < -0.3 is 77.1 Å². The maximum atomic E-state index is 13.6. The number of epoxide rings is 1. The molecule has 4 rings (SSSR count). The van der Waals surface area contributed by atoms with Gasteiger partial charge in [0, 0.05) is 44.6 Å². The second-order valence-corrected chi connectivity index (χ2v) is 21.7. The van der Waals surface area contributed by atoms with Gasteiger partial charge >= 0.3 is 18.1 Å². The highest BCUT2D eigenvalue weighted by Crippen LogP contribution is 2.43. The van der Waals surface area contributed by atoms with Gasteiger partial charge in [-0.2, -0.15) is 0 Å². The van der Waals surface area contributed by atoms with Crippen LogP contribution in [0.5, 0.6) is 0 Å². The number of benzene rings is 1. The van der Waals surface area contributed by atoms with Crippen molar-refractivity contribution in [2.45, 2.75) is 180 Å². The number of halogens is 1. The van der Waals surface area contributed by atoms with E-state index >= 15 is 0 Å². The lowest BCUT2D eigenvalue weighted by Gasteiger charge is -2.39. The van der Waals surface area contributed by atoms with E-state index in [9.17, 15) is 48.3 Å². The van der Waals surface area contributed by atoms with Gasteiger partial charge in [0.25, 0.3) is 0 Å². The Bertz CT molecular complexity index is 2380. The van der Waals surface area contributed by atoms with Crippen molar-refractivity contribution >= 4 is 75.2 Å². The fourth-order valence-corrected chi connectivity index (χ4v) is 9.38. The summed E-state index contributed by atoms with van der Waals surface area (Å²) in [4.78, 5) is 112. The summed E-state index contributed by atoms with van der Waals surface area (Å²) in [6, 6.07) is 3.52. The van der Waals surface area contributed by atoms with Crippen LogP contribution in [0.2, 0.25) is 0 Å². The Morgan fingerprint density at radius 1 is 0.864 bits per heavy atom. The highest BCUT2D eigenvalue weighted by molar-refractivity contribution is 9.09. The summed E-state index contributed by atoms with van der Waals surface area (Å²) in [5.74, 6) is -2.86. The average Bonchev–Trinajstić information content (AvgIpc) is 4.24. The molecule has 3 heterocycles. The van der Waals surface area contributed by atoms with E-state index in [0.29, 0.717) is 69.3 Å². The Morgan fingerprint density at radius 3 is 2.25 bits per heavy atom. The first-order chi connectivity index (χ1) is 38.5. The smallest absolute Gasteiger partial charge is 0.408 e. The van der Waals surface area contributed by atoms with Crippen LogP contribution >= 0.6 is 15.9 Å². The number of carbonyl (C=O) groups excluding carboxylic acids is 9. The van der Waals surface area contributed by atoms with Gasteiger partial charge in [0.15, 0.2) is 0 Å². The van der Waals surface area contributed by atoms with Gasteiger partial charge in [-0.15, -0.1) is 0 Å². The molecule has 11 N–H and O–H groups in total. The van der Waals surface area contributed by atoms with Gasteiger partial charge in [0.05, 0.1) is 49.4 Å². The largest absolute Gasteiger partial charge is 0.459 e. The molecule has 0 saturated carbocycles. The fourth-order valence-electron chi connectivity index (χ4n) is 9.19. The second kappa shape index (κ2) is 34.1. The van der Waals surface area contributed by atoms with E-state index in [1.54, 1.807) is 51.1 Å². The molecule has 3 aliphatic rings. The molecule has 1 aromatic carbocycles. The van der Waals surface area contributed by atoms with Crippen LogP contribution in [0.25, 0.3) is 0 Å². The Morgan fingerprint density at radius 2 is 1.58 bits per heavy atom. The summed E-state index contributed by atoms with van der Waals surface area (Å²) in [7, 11) is 0. The number of hydrogen-bond donors (Lipinski definition) is 10. The Balaban J connectivity index is 1.19. The minimum Gasteiger partial charge on any atom is -0.459 e. The normalized spacial score (nSPS) is 23.6. The van der Waals surface area contributed by atoms with Crippen LogP contribution < -0.4 is 48.3 Å². The molecule has 0 aromatic heterocycles. The third-order valence-corrected chi connectivity index (χ3v) is 14.3. The quantitative estimate of drug-likeness (QED) is 0.00968. The number of unbranched alkanes of at least 4 members (excludes halogenated alkanes) is 2. The third-order valence-electron chi connectivity index (χ3n) is 13.8. The van der Waals surface area contributed by atoms with Crippen molar-refractivity contribution in [3.05, 3.63) is 65.8 Å². The number of ether oxygens (including phenoxy) is 5. The number of nitrogens with two attached hydrogens (primary N) is 1. The van der Waals surface area contributed by atoms with Gasteiger partial charge in [-0.3, -0.25) is 33.6 Å². The lowest BCUT2D eigenvalue weighted by molar-refractivity contribution is -0.145. The molecule has 3 aliphatic heterocycles. The van der Waals surface area contributed by atoms with Crippen LogP contribution in [0.3, 0.4) is 0 Å². The summed E-state index contributed by atoms with van der Waals surface area (Å²) in [6.45, 7) is 13.0. The fraction of sp³-hybridized carbons (Fsp3) is 0.625. The van der Waals surface area contributed by atoms with Gasteiger partial charge in [0.1, 0.15) is 42.6 Å². The lowest BCUT2D eigenvalue weighted by atomic mass is 9.87. The van der Waals surface area contributed by atoms with Gasteiger partial charge in [-0.25, -0.2) is 9.59 Å². The van der Waals surface area contributed by atoms with E-state index in [1.807, 2.05) is 26.0 Å². The number of alkyl halides is 1. The van der Waals surface area contributed by atoms with Gasteiger partial charge in [-0.1, -0.05) is 79.1 Å². The molecule has 1 spiro atoms. The van der Waals surface area contributed by atoms with Crippen LogP contribution in [0, 0.1) is 11.8 Å². The Labute approximate surface area is 482 Å². The van der Waals surface area contributed by atoms with Crippen molar-refractivity contribution in [3.63, 3.8) is 0 Å². The number of rotatable bonds is 31. The highest BCUT2D eigenvalue weighted by Gasteiger charge is 2.58. The molecule has 1 aromatic rings. The SMILES string of the molecule is CC(=O)O[C@@H](C)/C=C\C(=O)N[C@@H]1C[C@H](C)[C@H](C/C=C(C)/C=C/[C@H]2O[C@H](CC(=O)NCNC(=O)OCc3ccc(NC(=O)[C@H](CCCNC(N)=O)NC(=O)C(NC(=O)CCCCCNC(=O)CBr)C(C)C)cc3)C[C@@]3(CO3)[C@@H]2O)O[C@@H]1C. The minimum absolute atomic E-state index is 0.0587. The number of alkyl carbamates (subject to hydrolysis) is 1. The van der Waals surface area contributed by atoms with E-state index in [1.165, 1.54) is 19.1 Å². The number of allylic oxidation sites excluding steroid dienone is 2. The minimum atomic E-state index is -1.05. The first kappa shape index (κ1) is 67.1. The number of amides is 9. The molecule has 24 nitrogen and oxygen atoms in total. The summed E-state index contributed by atoms with van der Waals surface area (Å²) >= 11 is 3.09. The molecular weight excluding hydrogens is 1120 g/mol. The van der Waals surface area contributed by atoms with Crippen LogP contribution in [0.15, 0.2) is 60.2 Å². The average molecular weight is 1200 g/mol. The van der Waals surface area contributed by atoms with Crippen molar-refractivity contribution in [2.75, 3.05) is 37.0 Å². The zero-order valence-electron chi connectivity index (χ0n) is 47.5. The number of esters is 1. The van der Waals surface area contributed by atoms with Crippen LogP contribution in [0.1, 0.15) is 118 Å². The van der Waals surface area contributed by atoms with E-state index in [4.69, 9.17) is 29.4 Å². The van der Waals surface area contributed by atoms with Crippen LogP contribution in [-0.4, -0.2) is 151 Å². The van der Waals surface area contributed by atoms with E-state index in [0.717, 1.165) is 5.57 Å². The number of aliphatic hydroxyl groups excluding tert-OH is 1. The first-order valence-corrected chi connectivity index (χ1v) is 28.8. The molecule has 3 saturated heterocycles. The van der Waals surface area contributed by atoms with Gasteiger partial charge in [0.2, 0.25) is 35.4 Å². The topological polar surface area (TPSA) is 346 Å². The molecule has 81 heavy (non-hydrogen) atoms. The zero-order valence-corrected chi connectivity index (χ0v) is 49.1. The molecule has 11 atom stereocenters. The first-order valence-electron chi connectivity index (χ1n) is 27.6. The summed E-state index contributed by atoms with van der Waals surface area (Å²) in [5.41, 5.74) is 6.24. The Kier molecular flexibility index (Phi) is 28.3. The van der Waals surface area contributed by atoms with Crippen LogP contribution in [0.4, 0.5) is 15.3 Å². The zero-order chi connectivity index (χ0) is 59.6. The molecule has 9 amide bonds. The second-order valence-electron chi connectivity index (χ2n) is 21.1. The van der Waals surface area contributed by atoms with Crippen molar-refractivity contribution in [3.8, 4) is 0 Å². The molecular formula is C56H84BrN9O15. The van der Waals surface area contributed by atoms with E-state index in [2.05, 4.69) is 65.4 Å². The van der Waals surface area contributed by atoms with Crippen molar-refractivity contribution in [1.82, 2.24) is 37.2 Å². The third kappa shape index (κ3) is 24.7. The number of primary amides is 1. The number of hydrogen-bond acceptors (Lipinski definition) is 15. The summed E-state index contributed by atoms with van der Waals surface area (Å²) < 4.78 is 28.5. The number of carbonyl (C=O) groups is 9. The molecule has 0 radical (unpaired) electrons. The lowest BCUT2D eigenvalue weighted by Crippen LogP contribution is -2.54. The summed E-state index contributed by atoms with van der Waals surface area (Å²) in [5, 5.41) is 33.0. The molecule has 1 unspecified atom stereocenters. The monoisotopic (exact) mass is 1200 g/mol. The van der Waals surface area contributed by atoms with Gasteiger partial charge in [-0.05, 0) is 94.9 Å². The van der Waals surface area contributed by atoms with Crippen molar-refractivity contribution in [1.29, 1.82) is 0 Å². The predicted molar refractivity (Wildman–Crippen MR) is 303 cm³/mol. The molecule has 3 fully saturated rings. The van der Waals surface area contributed by atoms with Crippen molar-refractivity contribution in [2.24, 2.45) is 17.6 Å². The maximum Gasteiger partial charge on any atom is 0.408 e. The number of aliphatic hydroxyl groups is 1. The van der Waals surface area contributed by atoms with E-state index < -0.39 is 77.9 Å². The molecule has 0 bridgehead atoms. The maximum absolute atomic E-state index is 13.6.